The maximum absolute atomic E-state index is 12.0. The van der Waals surface area contributed by atoms with Crippen LogP contribution in [-0.2, 0) is 23.9 Å². The third kappa shape index (κ3) is 3.94. The van der Waals surface area contributed by atoms with Gasteiger partial charge in [0.05, 0.1) is 19.3 Å². The lowest BCUT2D eigenvalue weighted by Gasteiger charge is -2.28. The highest BCUT2D eigenvalue weighted by Crippen LogP contribution is 2.27. The number of hydrogen-bond donors (Lipinski definition) is 0. The summed E-state index contributed by atoms with van der Waals surface area (Å²) in [6, 6.07) is -0.474. The molecule has 114 valence electrons. The molecule has 1 atom stereocenters. The number of rotatable bonds is 7. The molecule has 1 aliphatic rings. The summed E-state index contributed by atoms with van der Waals surface area (Å²) < 4.78 is 9.91. The fraction of sp³-hybridized carbons (Fsp3) is 0.769. The lowest BCUT2D eigenvalue weighted by atomic mass is 9.97. The van der Waals surface area contributed by atoms with Gasteiger partial charge >= 0.3 is 11.9 Å². The van der Waals surface area contributed by atoms with Gasteiger partial charge in [-0.2, -0.15) is 0 Å². The van der Waals surface area contributed by atoms with Crippen LogP contribution in [0.25, 0.3) is 0 Å². The van der Waals surface area contributed by atoms with Crippen molar-refractivity contribution >= 4 is 33.8 Å². The molecule has 20 heavy (non-hydrogen) atoms. The van der Waals surface area contributed by atoms with Crippen molar-refractivity contribution in [2.45, 2.75) is 32.7 Å². The highest BCUT2D eigenvalue weighted by molar-refractivity contribution is 9.09. The molecule has 0 aromatic rings. The molecule has 1 rings (SSSR count). The Balaban J connectivity index is 2.93. The Morgan fingerprint density at radius 2 is 1.85 bits per heavy atom. The Hall–Kier alpha value is -1.11. The minimum atomic E-state index is -1.06. The summed E-state index contributed by atoms with van der Waals surface area (Å²) in [7, 11) is 0. The summed E-state index contributed by atoms with van der Waals surface area (Å²) in [6.45, 7) is 4.19. The summed E-state index contributed by atoms with van der Waals surface area (Å²) >= 11 is 3.27. The summed E-state index contributed by atoms with van der Waals surface area (Å²) in [5.74, 6) is -2.34. The van der Waals surface area contributed by atoms with E-state index >= 15 is 0 Å². The summed E-state index contributed by atoms with van der Waals surface area (Å²) in [4.78, 5) is 37.5. The van der Waals surface area contributed by atoms with Gasteiger partial charge in [0.25, 0.3) is 0 Å². The molecule has 7 heteroatoms. The van der Waals surface area contributed by atoms with E-state index in [1.165, 1.54) is 0 Å². The van der Waals surface area contributed by atoms with E-state index in [-0.39, 0.29) is 19.1 Å². The summed E-state index contributed by atoms with van der Waals surface area (Å²) in [5, 5.41) is 0.591. The van der Waals surface area contributed by atoms with Gasteiger partial charge in [-0.3, -0.25) is 14.4 Å². The molecule has 0 bridgehead atoms. The number of carbonyl (C=O) groups excluding carboxylic acids is 3. The lowest BCUT2D eigenvalue weighted by Crippen LogP contribution is -2.46. The van der Waals surface area contributed by atoms with Gasteiger partial charge in [-0.1, -0.05) is 15.9 Å². The molecule has 1 fully saturated rings. The zero-order valence-corrected chi connectivity index (χ0v) is 13.3. The third-order valence-corrected chi connectivity index (χ3v) is 3.52. The summed E-state index contributed by atoms with van der Waals surface area (Å²) in [5.41, 5.74) is 0. The molecule has 0 aromatic carbocycles. The van der Waals surface area contributed by atoms with Crippen molar-refractivity contribution in [3.63, 3.8) is 0 Å². The van der Waals surface area contributed by atoms with Gasteiger partial charge in [0.2, 0.25) is 5.91 Å². The molecule has 6 nitrogen and oxygen atoms in total. The van der Waals surface area contributed by atoms with Crippen LogP contribution >= 0.6 is 15.9 Å². The Morgan fingerprint density at radius 3 is 2.30 bits per heavy atom. The third-order valence-electron chi connectivity index (χ3n) is 3.17. The first-order valence-electron chi connectivity index (χ1n) is 6.75. The number of hydrogen-bond acceptors (Lipinski definition) is 5. The van der Waals surface area contributed by atoms with Crippen molar-refractivity contribution in [1.82, 2.24) is 4.90 Å². The van der Waals surface area contributed by atoms with Crippen LogP contribution in [0.3, 0.4) is 0 Å². The first-order chi connectivity index (χ1) is 9.56. The second kappa shape index (κ2) is 8.24. The normalized spacial score (nSPS) is 18.5. The van der Waals surface area contributed by atoms with Crippen LogP contribution in [0.4, 0.5) is 0 Å². The highest BCUT2D eigenvalue weighted by atomic mass is 79.9. The van der Waals surface area contributed by atoms with E-state index in [1.54, 1.807) is 18.7 Å². The predicted octanol–water partition coefficient (Wildman–Crippen LogP) is 1.11. The molecule has 1 heterocycles. The molecule has 1 aliphatic heterocycles. The zero-order valence-electron chi connectivity index (χ0n) is 11.8. The molecule has 1 amide bonds. The minimum Gasteiger partial charge on any atom is -0.465 e. The van der Waals surface area contributed by atoms with Crippen LogP contribution in [-0.4, -0.2) is 53.9 Å². The van der Waals surface area contributed by atoms with Crippen LogP contribution < -0.4 is 0 Å². The van der Waals surface area contributed by atoms with Gasteiger partial charge in [0.15, 0.2) is 5.92 Å². The molecular weight excluding hydrogens is 330 g/mol. The van der Waals surface area contributed by atoms with E-state index in [9.17, 15) is 14.4 Å². The molecule has 0 radical (unpaired) electrons. The molecule has 1 unspecified atom stereocenters. The standard InChI is InChI=1S/C13H20BrNO5/c1-3-19-12(17)11(13(18)20-4-2)9-5-6-10(16)15(9)8-7-14/h9,11H,3-8H2,1-2H3. The molecule has 0 saturated carbocycles. The maximum atomic E-state index is 12.0. The molecule has 1 saturated heterocycles. The van der Waals surface area contributed by atoms with Gasteiger partial charge in [0.1, 0.15) is 0 Å². The fourth-order valence-electron chi connectivity index (χ4n) is 2.36. The fourth-order valence-corrected chi connectivity index (χ4v) is 2.74. The molecule has 0 N–H and O–H groups in total. The van der Waals surface area contributed by atoms with Gasteiger partial charge in [-0.05, 0) is 20.3 Å². The predicted molar refractivity (Wildman–Crippen MR) is 75.3 cm³/mol. The minimum absolute atomic E-state index is 0.0481. The number of amides is 1. The highest BCUT2D eigenvalue weighted by Gasteiger charge is 2.45. The van der Waals surface area contributed by atoms with Crippen LogP contribution in [0.15, 0.2) is 0 Å². The SMILES string of the molecule is CCOC(=O)C(C(=O)OCC)C1CCC(=O)N1CCBr. The second-order valence-electron chi connectivity index (χ2n) is 4.36. The number of likely N-dealkylation sites (tertiary alicyclic amines) is 1. The smallest absolute Gasteiger partial charge is 0.322 e. The Bertz CT molecular complexity index is 356. The van der Waals surface area contributed by atoms with Crippen molar-refractivity contribution in [2.75, 3.05) is 25.1 Å². The van der Waals surface area contributed by atoms with Crippen LogP contribution in [0, 0.1) is 5.92 Å². The van der Waals surface area contributed by atoms with Gasteiger partial charge < -0.3 is 14.4 Å². The number of halogens is 1. The van der Waals surface area contributed by atoms with Gasteiger partial charge in [0, 0.05) is 18.3 Å². The Morgan fingerprint density at radius 1 is 1.30 bits per heavy atom. The first kappa shape index (κ1) is 16.9. The Kier molecular flexibility index (Phi) is 6.98. The lowest BCUT2D eigenvalue weighted by molar-refractivity contribution is -0.164. The van der Waals surface area contributed by atoms with Crippen LogP contribution in [0.1, 0.15) is 26.7 Å². The number of ether oxygens (including phenoxy) is 2. The van der Waals surface area contributed by atoms with Crippen molar-refractivity contribution in [1.29, 1.82) is 0 Å². The van der Waals surface area contributed by atoms with E-state index in [4.69, 9.17) is 9.47 Å². The molecule has 0 aliphatic carbocycles. The molecule has 0 spiro atoms. The maximum Gasteiger partial charge on any atom is 0.322 e. The summed E-state index contributed by atoms with van der Waals surface area (Å²) in [6.07, 6.45) is 0.807. The van der Waals surface area contributed by atoms with Crippen molar-refractivity contribution in [2.24, 2.45) is 5.92 Å². The first-order valence-corrected chi connectivity index (χ1v) is 7.87. The van der Waals surface area contributed by atoms with E-state index in [1.807, 2.05) is 0 Å². The number of alkyl halides is 1. The van der Waals surface area contributed by atoms with E-state index in [2.05, 4.69) is 15.9 Å². The Labute approximate surface area is 126 Å². The van der Waals surface area contributed by atoms with E-state index in [0.29, 0.717) is 24.7 Å². The monoisotopic (exact) mass is 349 g/mol. The number of carbonyl (C=O) groups is 3. The molecular formula is C13H20BrNO5. The van der Waals surface area contributed by atoms with Crippen molar-refractivity contribution < 1.29 is 23.9 Å². The van der Waals surface area contributed by atoms with E-state index in [0.717, 1.165) is 0 Å². The largest absolute Gasteiger partial charge is 0.465 e. The van der Waals surface area contributed by atoms with E-state index < -0.39 is 23.9 Å². The average molecular weight is 350 g/mol. The van der Waals surface area contributed by atoms with Gasteiger partial charge in [-0.25, -0.2) is 0 Å². The van der Waals surface area contributed by atoms with Crippen molar-refractivity contribution in [3.05, 3.63) is 0 Å². The van der Waals surface area contributed by atoms with Crippen molar-refractivity contribution in [3.8, 4) is 0 Å². The number of nitrogens with zero attached hydrogens (tertiary/aromatic N) is 1. The topological polar surface area (TPSA) is 72.9 Å². The quantitative estimate of drug-likeness (QED) is 0.391. The molecule has 0 aromatic heterocycles. The van der Waals surface area contributed by atoms with Gasteiger partial charge in [-0.15, -0.1) is 0 Å². The average Bonchev–Trinajstić information content (AvgIpc) is 2.73. The number of esters is 2. The van der Waals surface area contributed by atoms with Crippen LogP contribution in [0.5, 0.6) is 0 Å². The zero-order chi connectivity index (χ0) is 15.1. The second-order valence-corrected chi connectivity index (χ2v) is 5.16. The van der Waals surface area contributed by atoms with Crippen LogP contribution in [0.2, 0.25) is 0 Å².